The Hall–Kier alpha value is 0.537. The number of hydrogen-bond donors (Lipinski definition) is 0. The van der Waals surface area contributed by atoms with E-state index in [9.17, 15) is 13.2 Å². The van der Waals surface area contributed by atoms with E-state index in [-0.39, 0.29) is 0 Å². The van der Waals surface area contributed by atoms with Gasteiger partial charge >= 0.3 is 5.51 Å². The molecule has 0 N–H and O–H groups in total. The maximum atomic E-state index is 10.7. The monoisotopic (exact) mass is 389 g/mol. The fraction of sp³-hybridized carbons (Fsp3) is 1.00. The van der Waals surface area contributed by atoms with Gasteiger partial charge < -0.3 is 8.77 Å². The number of nitrogens with zero attached hydrogens (tertiary/aromatic N) is 1. The zero-order valence-electron chi connectivity index (χ0n) is 13.5. The summed E-state index contributed by atoms with van der Waals surface area (Å²) in [7, 11) is -10.0. The van der Waals surface area contributed by atoms with E-state index >= 15 is 0 Å². The van der Waals surface area contributed by atoms with E-state index in [1.807, 2.05) is 0 Å². The third-order valence-electron chi connectivity index (χ3n) is 1.26. The average molecular weight is 389 g/mol. The predicted molar refractivity (Wildman–Crippen MR) is 86.1 cm³/mol. The van der Waals surface area contributed by atoms with Gasteiger partial charge in [0.1, 0.15) is 14.7 Å². The molecule has 0 unspecified atom stereocenters. The number of halogens is 3. The van der Waals surface area contributed by atoms with E-state index in [0.717, 1.165) is 0 Å². The molecule has 0 bridgehead atoms. The van der Waals surface area contributed by atoms with Crippen LogP contribution in [0.25, 0.3) is 0 Å². The van der Waals surface area contributed by atoms with Crippen LogP contribution >= 0.6 is 14.7 Å². The molecule has 0 saturated heterocycles. The topological polar surface area (TPSA) is 78.8 Å². The van der Waals surface area contributed by atoms with Crippen LogP contribution in [0.2, 0.25) is 19.6 Å². The molecule has 0 heterocycles. The zero-order valence-corrected chi connectivity index (χ0v) is 17.1. The lowest BCUT2D eigenvalue weighted by atomic mass is 11.6. The summed E-state index contributed by atoms with van der Waals surface area (Å²) in [4.78, 5) is 0. The van der Waals surface area contributed by atoms with Crippen molar-refractivity contribution in [2.75, 3.05) is 33.3 Å². The number of alkyl halides is 3. The average Bonchev–Trinajstić information content (AvgIpc) is 1.87. The Morgan fingerprint density at radius 2 is 1.43 bits per heavy atom. The van der Waals surface area contributed by atoms with Crippen LogP contribution in [0.15, 0.2) is 4.52 Å². The van der Waals surface area contributed by atoms with E-state index in [1.54, 1.807) is 0 Å². The highest BCUT2D eigenvalue weighted by Gasteiger charge is 2.36. The summed E-state index contributed by atoms with van der Waals surface area (Å²) in [6, 6.07) is 0. The van der Waals surface area contributed by atoms with Crippen LogP contribution in [0.4, 0.5) is 13.2 Å². The Morgan fingerprint density at radius 1 is 1.14 bits per heavy atom. The molecule has 0 saturated carbocycles. The van der Waals surface area contributed by atoms with Crippen molar-refractivity contribution in [3.63, 3.8) is 0 Å². The summed E-state index contributed by atoms with van der Waals surface area (Å²) in [6.07, 6.45) is 0. The summed E-state index contributed by atoms with van der Waals surface area (Å²) in [5, 5.41) is 0. The first kappa shape index (κ1) is 23.8. The first-order valence-corrected chi connectivity index (χ1v) is 16.2. The van der Waals surface area contributed by atoms with Gasteiger partial charge in [0.2, 0.25) is 0 Å². The fourth-order valence-corrected chi connectivity index (χ4v) is 12.3. The van der Waals surface area contributed by atoms with Gasteiger partial charge in [-0.3, -0.25) is 0 Å². The largest absolute Gasteiger partial charge is 0.741 e. The molecule has 0 aliphatic rings. The Morgan fingerprint density at radius 3 is 1.57 bits per heavy atom. The minimum atomic E-state index is -6.09. The zero-order chi connectivity index (χ0) is 17.9. The second-order valence-electron chi connectivity index (χ2n) is 6.43. The lowest BCUT2D eigenvalue weighted by Gasteiger charge is -2.25. The summed E-state index contributed by atoms with van der Waals surface area (Å²) < 4.78 is 69.9. The Kier molecular flexibility index (Phi) is 8.39. The van der Waals surface area contributed by atoms with Gasteiger partial charge in [-0.25, -0.2) is 8.42 Å². The molecule has 0 amide bonds. The predicted octanol–water partition coefficient (Wildman–Crippen LogP) is 4.09. The molecule has 0 spiro atoms. The fourth-order valence-electron chi connectivity index (χ4n) is 1.33. The smallest absolute Gasteiger partial charge is 0.485 e. The van der Waals surface area contributed by atoms with Gasteiger partial charge in [-0.2, -0.15) is 13.2 Å². The van der Waals surface area contributed by atoms with Crippen LogP contribution in [0.3, 0.4) is 0 Å². The first-order chi connectivity index (χ1) is 8.66. The highest BCUT2D eigenvalue weighted by molar-refractivity contribution is 7.86. The van der Waals surface area contributed by atoms with E-state index < -0.39 is 38.6 Å². The van der Waals surface area contributed by atoms with Gasteiger partial charge in [0, 0.05) is 0 Å². The molecule has 0 aliphatic heterocycles. The first-order valence-electron chi connectivity index (χ1n) is 5.79. The molecule has 0 aliphatic carbocycles. The lowest BCUT2D eigenvalue weighted by Crippen LogP contribution is -2.23. The quantitative estimate of drug-likeness (QED) is 0.315. The Bertz CT molecular complexity index is 489. The highest BCUT2D eigenvalue weighted by Crippen LogP contribution is 2.60. The second kappa shape index (κ2) is 7.40. The van der Waals surface area contributed by atoms with E-state index in [2.05, 4.69) is 53.0 Å². The van der Waals surface area contributed by atoms with Crippen molar-refractivity contribution in [2.24, 2.45) is 4.52 Å². The van der Waals surface area contributed by atoms with Crippen LogP contribution in [-0.2, 0) is 14.3 Å². The third kappa shape index (κ3) is 15.2. The molecule has 0 aromatic rings. The van der Waals surface area contributed by atoms with Crippen LogP contribution < -0.4 is 0 Å². The SMILES string of the molecule is C[Si](C)(C)OP(C)(C)=N[P+](C)(C)C.O=S(=O)([O-])C(F)(F)F. The Labute approximate surface area is 127 Å². The Balaban J connectivity index is 0. The number of hydrogen-bond acceptors (Lipinski definition) is 5. The molecule has 0 atom stereocenters. The standard InChI is InChI=1S/C8H24NOP2Si.CHF3O3S/c1-11(2,3)9-12(4,5)10-13(6,7)8;2-1(3,4)8(5,6)7/h1-8H3;(H,5,6,7)/q+1;/p-1. The summed E-state index contributed by atoms with van der Waals surface area (Å²) in [5.74, 6) is 0. The third-order valence-corrected chi connectivity index (χ3v) is 9.68. The van der Waals surface area contributed by atoms with Crippen LogP contribution in [0, 0.1) is 0 Å². The normalized spacial score (nSPS) is 14.3. The summed E-state index contributed by atoms with van der Waals surface area (Å²) >= 11 is 0. The number of rotatable bonds is 3. The van der Waals surface area contributed by atoms with Gasteiger partial charge in [0.15, 0.2) is 18.4 Å². The molecule has 0 rings (SSSR count). The van der Waals surface area contributed by atoms with Crippen molar-refractivity contribution in [3.05, 3.63) is 0 Å². The van der Waals surface area contributed by atoms with Crippen molar-refractivity contribution in [2.45, 2.75) is 25.1 Å². The van der Waals surface area contributed by atoms with Crippen molar-refractivity contribution in [3.8, 4) is 0 Å². The molecule has 0 aromatic carbocycles. The molecular weight excluding hydrogens is 365 g/mol. The van der Waals surface area contributed by atoms with E-state index in [1.165, 1.54) is 0 Å². The second-order valence-corrected chi connectivity index (χ2v) is 19.9. The van der Waals surface area contributed by atoms with Gasteiger partial charge in [0.05, 0.1) is 20.0 Å². The van der Waals surface area contributed by atoms with E-state index in [4.69, 9.17) is 21.7 Å². The van der Waals surface area contributed by atoms with Gasteiger partial charge in [-0.1, -0.05) is 0 Å². The van der Waals surface area contributed by atoms with Crippen LogP contribution in [-0.4, -0.2) is 60.1 Å². The molecule has 5 nitrogen and oxygen atoms in total. The van der Waals surface area contributed by atoms with Gasteiger partial charge in [0.25, 0.3) is 0 Å². The maximum Gasteiger partial charge on any atom is 0.485 e. The molecule has 0 fully saturated rings. The minimum Gasteiger partial charge on any atom is -0.741 e. The summed E-state index contributed by atoms with van der Waals surface area (Å²) in [5.41, 5.74) is -5.65. The van der Waals surface area contributed by atoms with Crippen molar-refractivity contribution in [1.82, 2.24) is 0 Å². The molecule has 0 aromatic heterocycles. The highest BCUT2D eigenvalue weighted by atomic mass is 32.2. The van der Waals surface area contributed by atoms with Crippen LogP contribution in [0.5, 0.6) is 0 Å². The minimum absolute atomic E-state index is 1.05. The summed E-state index contributed by atoms with van der Waals surface area (Å²) in [6.45, 7) is 17.8. The van der Waals surface area contributed by atoms with Crippen molar-refractivity contribution in [1.29, 1.82) is 0 Å². The molecule has 12 heteroatoms. The molecular formula is C9H24F3NO4P2SSi. The maximum absolute atomic E-state index is 10.7. The molecule has 0 radical (unpaired) electrons. The molecule has 21 heavy (non-hydrogen) atoms. The van der Waals surface area contributed by atoms with E-state index in [0.29, 0.717) is 0 Å². The van der Waals surface area contributed by atoms with Crippen molar-refractivity contribution < 1.29 is 30.4 Å². The van der Waals surface area contributed by atoms with Crippen molar-refractivity contribution >= 4 is 33.1 Å². The molecule has 130 valence electrons. The van der Waals surface area contributed by atoms with Gasteiger partial charge in [-0.05, 0) is 33.0 Å². The van der Waals surface area contributed by atoms with Gasteiger partial charge in [-0.15, -0.1) is 4.52 Å². The van der Waals surface area contributed by atoms with Crippen LogP contribution in [0.1, 0.15) is 0 Å². The lowest BCUT2D eigenvalue weighted by molar-refractivity contribution is -0.0517.